The Morgan fingerprint density at radius 2 is 1.20 bits per heavy atom. The van der Waals surface area contributed by atoms with Gasteiger partial charge in [0.1, 0.15) is 0 Å². The van der Waals surface area contributed by atoms with Gasteiger partial charge in [-0.3, -0.25) is 9.59 Å². The van der Waals surface area contributed by atoms with E-state index in [1.165, 1.54) is 0 Å². The van der Waals surface area contributed by atoms with E-state index in [9.17, 15) is 9.59 Å². The van der Waals surface area contributed by atoms with E-state index >= 15 is 0 Å². The predicted molar refractivity (Wildman–Crippen MR) is 85.7 cm³/mol. The first-order valence-electron chi connectivity index (χ1n) is 7.86. The molecule has 0 rings (SSSR count). The van der Waals surface area contributed by atoms with Gasteiger partial charge in [0, 0.05) is 0 Å². The van der Waals surface area contributed by atoms with E-state index in [-0.39, 0.29) is 72.1 Å². The van der Waals surface area contributed by atoms with Gasteiger partial charge in [-0.25, -0.2) is 0 Å². The molecule has 0 spiro atoms. The molecular formula is C16H32O3Sr. The molecule has 0 heterocycles. The van der Waals surface area contributed by atoms with Crippen molar-refractivity contribution >= 4 is 57.4 Å². The second kappa shape index (κ2) is 14.6. The van der Waals surface area contributed by atoms with Gasteiger partial charge in [-0.05, 0) is 25.7 Å². The van der Waals surface area contributed by atoms with Gasteiger partial charge < -0.3 is 7.59 Å². The van der Waals surface area contributed by atoms with Crippen LogP contribution >= 0.6 is 0 Å². The molecule has 0 saturated carbocycles. The summed E-state index contributed by atoms with van der Waals surface area (Å²) in [5.41, 5.74) is 0. The summed E-state index contributed by atoms with van der Waals surface area (Å²) < 4.78 is 5.07. The zero-order chi connectivity index (χ0) is 14.7. The fourth-order valence-electron chi connectivity index (χ4n) is 2.14. The summed E-state index contributed by atoms with van der Waals surface area (Å²) in [5.74, 6) is -0.882. The number of ether oxygens (including phenoxy) is 1. The number of esters is 2. The average molecular weight is 360 g/mol. The van der Waals surface area contributed by atoms with Crippen LogP contribution in [0, 0.1) is 11.8 Å². The smallest absolute Gasteiger partial charge is 1.00 e. The Morgan fingerprint density at radius 3 is 1.45 bits per heavy atom. The minimum Gasteiger partial charge on any atom is -1.00 e. The molecule has 0 aliphatic heterocycles. The molecule has 0 bridgehead atoms. The van der Waals surface area contributed by atoms with Crippen LogP contribution in [0.1, 0.15) is 81.9 Å². The molecule has 116 valence electrons. The van der Waals surface area contributed by atoms with Gasteiger partial charge in [-0.1, -0.05) is 53.4 Å². The zero-order valence-corrected chi connectivity index (χ0v) is 17.2. The van der Waals surface area contributed by atoms with E-state index in [0.717, 1.165) is 51.4 Å². The second-order valence-electron chi connectivity index (χ2n) is 5.23. The molecule has 4 heteroatoms. The normalized spacial score (nSPS) is 13.2. The van der Waals surface area contributed by atoms with Crippen molar-refractivity contribution in [2.24, 2.45) is 11.8 Å². The maximum absolute atomic E-state index is 11.9. The van der Waals surface area contributed by atoms with Crippen molar-refractivity contribution in [2.75, 3.05) is 0 Å². The Morgan fingerprint density at radius 1 is 0.850 bits per heavy atom. The second-order valence-corrected chi connectivity index (χ2v) is 5.23. The molecule has 2 unspecified atom stereocenters. The van der Waals surface area contributed by atoms with Crippen molar-refractivity contribution in [2.45, 2.75) is 79.1 Å². The van der Waals surface area contributed by atoms with Crippen LogP contribution in [0.3, 0.4) is 0 Å². The largest absolute Gasteiger partial charge is 2.00 e. The van der Waals surface area contributed by atoms with Crippen molar-refractivity contribution in [3.05, 3.63) is 0 Å². The maximum atomic E-state index is 11.9. The van der Waals surface area contributed by atoms with Gasteiger partial charge in [-0.15, -0.1) is 0 Å². The minimum absolute atomic E-state index is 0. The number of carbonyl (C=O) groups excluding carboxylic acids is 2. The molecule has 0 aromatic heterocycles. The van der Waals surface area contributed by atoms with E-state index < -0.39 is 0 Å². The van der Waals surface area contributed by atoms with Crippen molar-refractivity contribution in [3.8, 4) is 0 Å². The molecule has 0 N–H and O–H groups in total. The molecule has 3 nitrogen and oxygen atoms in total. The van der Waals surface area contributed by atoms with Gasteiger partial charge in [0.05, 0.1) is 11.8 Å². The maximum Gasteiger partial charge on any atom is 2.00 e. The third-order valence-corrected chi connectivity index (χ3v) is 3.67. The Labute approximate surface area is 164 Å². The molecule has 0 aliphatic carbocycles. The molecule has 0 fully saturated rings. The molecule has 0 aromatic carbocycles. The van der Waals surface area contributed by atoms with Crippen molar-refractivity contribution in [1.29, 1.82) is 0 Å². The minimum atomic E-state index is -0.323. The van der Waals surface area contributed by atoms with Crippen LogP contribution in [0.2, 0.25) is 0 Å². The van der Waals surface area contributed by atoms with Gasteiger partial charge in [-0.2, -0.15) is 0 Å². The Balaban J connectivity index is -0.000000540. The van der Waals surface area contributed by atoms with Crippen LogP contribution in [-0.4, -0.2) is 57.4 Å². The molecular weight excluding hydrogens is 328 g/mol. The number of rotatable bonds is 10. The quantitative estimate of drug-likeness (QED) is 0.331. The van der Waals surface area contributed by atoms with Crippen LogP contribution in [-0.2, 0) is 14.3 Å². The third-order valence-electron chi connectivity index (χ3n) is 3.67. The molecule has 0 saturated heterocycles. The molecule has 0 amide bonds. The number of hydrogen-bond acceptors (Lipinski definition) is 3. The first-order chi connectivity index (χ1) is 9.10. The SMILES string of the molecule is CCCCC(CC)C(=O)OC(=O)C(CC)CCCC.[H-].[H-].[Sr+2]. The molecule has 0 aliphatic rings. The number of carbonyl (C=O) groups is 2. The van der Waals surface area contributed by atoms with Crippen LogP contribution in [0.15, 0.2) is 0 Å². The standard InChI is InChI=1S/C16H30O3.Sr.2H/c1-5-9-11-13(7-3)15(17)19-16(18)14(8-4)12-10-6-2;;;/h13-14H,5-12H2,1-4H3;;;/q;+2;2*-1. The fraction of sp³-hybridized carbons (Fsp3) is 0.875. The van der Waals surface area contributed by atoms with E-state index in [1.807, 2.05) is 13.8 Å². The third kappa shape index (κ3) is 9.54. The monoisotopic (exact) mass is 360 g/mol. The topological polar surface area (TPSA) is 43.4 Å². The van der Waals surface area contributed by atoms with E-state index in [1.54, 1.807) is 0 Å². The Hall–Kier alpha value is 0.621. The summed E-state index contributed by atoms with van der Waals surface area (Å²) >= 11 is 0. The van der Waals surface area contributed by atoms with E-state index in [4.69, 9.17) is 4.74 Å². The van der Waals surface area contributed by atoms with Crippen LogP contribution in [0.25, 0.3) is 0 Å². The molecule has 20 heavy (non-hydrogen) atoms. The molecule has 0 radical (unpaired) electrons. The zero-order valence-electron chi connectivity index (χ0n) is 15.7. The van der Waals surface area contributed by atoms with Gasteiger partial charge in [0.2, 0.25) is 0 Å². The Bertz CT molecular complexity index is 250. The van der Waals surface area contributed by atoms with Gasteiger partial charge in [0.15, 0.2) is 0 Å². The Kier molecular flexibility index (Phi) is 16.7. The summed E-state index contributed by atoms with van der Waals surface area (Å²) in [4.78, 5) is 23.9. The van der Waals surface area contributed by atoms with E-state index in [0.29, 0.717) is 0 Å². The predicted octanol–water partition coefficient (Wildman–Crippen LogP) is 4.33. The van der Waals surface area contributed by atoms with Gasteiger partial charge in [0.25, 0.3) is 0 Å². The molecule has 0 aromatic rings. The van der Waals surface area contributed by atoms with Crippen LogP contribution < -0.4 is 0 Å². The first kappa shape index (κ1) is 22.9. The summed E-state index contributed by atoms with van der Waals surface area (Å²) in [6, 6.07) is 0. The summed E-state index contributed by atoms with van der Waals surface area (Å²) in [7, 11) is 0. The van der Waals surface area contributed by atoms with Crippen molar-refractivity contribution < 1.29 is 17.2 Å². The van der Waals surface area contributed by atoms with E-state index in [2.05, 4.69) is 13.8 Å². The molecule has 2 atom stereocenters. The number of hydrogen-bond donors (Lipinski definition) is 0. The van der Waals surface area contributed by atoms with Crippen molar-refractivity contribution in [1.82, 2.24) is 0 Å². The van der Waals surface area contributed by atoms with Crippen molar-refractivity contribution in [3.63, 3.8) is 0 Å². The summed E-state index contributed by atoms with van der Waals surface area (Å²) in [5, 5.41) is 0. The summed E-state index contributed by atoms with van der Waals surface area (Å²) in [6.45, 7) is 8.14. The fourth-order valence-corrected chi connectivity index (χ4v) is 2.14. The summed E-state index contributed by atoms with van der Waals surface area (Å²) in [6.07, 6.45) is 7.28. The average Bonchev–Trinajstić information content (AvgIpc) is 2.40. The van der Waals surface area contributed by atoms with Gasteiger partial charge >= 0.3 is 57.4 Å². The first-order valence-corrected chi connectivity index (χ1v) is 7.86. The van der Waals surface area contributed by atoms with Crippen LogP contribution in [0.4, 0.5) is 0 Å². The number of unbranched alkanes of at least 4 members (excludes halogenated alkanes) is 2. The van der Waals surface area contributed by atoms with Crippen LogP contribution in [0.5, 0.6) is 0 Å².